The smallest absolute Gasteiger partial charge is 0.161 e. The second-order valence-corrected chi connectivity index (χ2v) is 7.12. The summed E-state index contributed by atoms with van der Waals surface area (Å²) >= 11 is 0. The predicted molar refractivity (Wildman–Crippen MR) is 97.6 cm³/mol. The Morgan fingerprint density at radius 1 is 1.16 bits per heavy atom. The highest BCUT2D eigenvalue weighted by atomic mass is 16.5. The maximum atomic E-state index is 10.4. The molecule has 2 aromatic rings. The first-order valence-corrected chi connectivity index (χ1v) is 9.14. The number of piperidine rings is 1. The SMILES string of the molecule is Cc1cc(N2CCC3(CC2)OCCC[C@@H]3O)nc(-c2ccccc2)n1. The molecule has 1 N–H and O–H groups in total. The molecular formula is C20H25N3O2. The van der Waals surface area contributed by atoms with Crippen LogP contribution in [0, 0.1) is 6.92 Å². The molecule has 2 saturated heterocycles. The van der Waals surface area contributed by atoms with Crippen LogP contribution in [0.1, 0.15) is 31.4 Å². The van der Waals surface area contributed by atoms with Gasteiger partial charge < -0.3 is 14.7 Å². The molecular weight excluding hydrogens is 314 g/mol. The molecule has 1 spiro atoms. The first-order valence-electron chi connectivity index (χ1n) is 9.14. The first-order chi connectivity index (χ1) is 12.2. The van der Waals surface area contributed by atoms with Crippen LogP contribution in [0.3, 0.4) is 0 Å². The van der Waals surface area contributed by atoms with Gasteiger partial charge in [-0.3, -0.25) is 0 Å². The van der Waals surface area contributed by atoms with Gasteiger partial charge in [0.25, 0.3) is 0 Å². The summed E-state index contributed by atoms with van der Waals surface area (Å²) in [6, 6.07) is 12.1. The zero-order chi connectivity index (χ0) is 17.3. The average molecular weight is 339 g/mol. The Hall–Kier alpha value is -1.98. The molecule has 5 heteroatoms. The Balaban J connectivity index is 1.54. The van der Waals surface area contributed by atoms with Crippen molar-refractivity contribution in [2.45, 2.75) is 44.3 Å². The fourth-order valence-corrected chi connectivity index (χ4v) is 3.93. The summed E-state index contributed by atoms with van der Waals surface area (Å²) in [5, 5.41) is 10.4. The Labute approximate surface area is 148 Å². The van der Waals surface area contributed by atoms with Gasteiger partial charge in [-0.05, 0) is 32.6 Å². The fourth-order valence-electron chi connectivity index (χ4n) is 3.93. The minimum Gasteiger partial charge on any atom is -0.390 e. The Kier molecular flexibility index (Phi) is 4.44. The van der Waals surface area contributed by atoms with Crippen molar-refractivity contribution in [3.63, 3.8) is 0 Å². The lowest BCUT2D eigenvalue weighted by Gasteiger charge is -2.47. The van der Waals surface area contributed by atoms with Gasteiger partial charge in [0.15, 0.2) is 5.82 Å². The lowest BCUT2D eigenvalue weighted by molar-refractivity contribution is -0.164. The highest BCUT2D eigenvalue weighted by molar-refractivity contribution is 5.58. The predicted octanol–water partition coefficient (Wildman–Crippen LogP) is 2.96. The van der Waals surface area contributed by atoms with Gasteiger partial charge in [-0.2, -0.15) is 0 Å². The summed E-state index contributed by atoms with van der Waals surface area (Å²) < 4.78 is 6.01. The van der Waals surface area contributed by atoms with Gasteiger partial charge in [0.2, 0.25) is 0 Å². The van der Waals surface area contributed by atoms with Gasteiger partial charge in [0.05, 0.1) is 11.7 Å². The molecule has 132 valence electrons. The molecule has 5 nitrogen and oxygen atoms in total. The largest absolute Gasteiger partial charge is 0.390 e. The summed E-state index contributed by atoms with van der Waals surface area (Å²) in [6.45, 7) is 4.47. The van der Waals surface area contributed by atoms with Gasteiger partial charge >= 0.3 is 0 Å². The van der Waals surface area contributed by atoms with Crippen LogP contribution in [-0.2, 0) is 4.74 Å². The number of aromatic nitrogens is 2. The molecule has 1 aromatic heterocycles. The fraction of sp³-hybridized carbons (Fsp3) is 0.500. The number of nitrogens with zero attached hydrogens (tertiary/aromatic N) is 3. The summed E-state index contributed by atoms with van der Waals surface area (Å²) in [5.74, 6) is 1.73. The molecule has 25 heavy (non-hydrogen) atoms. The van der Waals surface area contributed by atoms with E-state index in [-0.39, 0.29) is 11.7 Å². The van der Waals surface area contributed by atoms with Crippen LogP contribution >= 0.6 is 0 Å². The standard InChI is InChI=1S/C20H25N3O2/c1-15-14-18(22-19(21-15)16-6-3-2-4-7-16)23-11-9-20(10-12-23)17(24)8-5-13-25-20/h2-4,6-7,14,17,24H,5,8-13H2,1H3/t17-/m0/s1. The third-order valence-corrected chi connectivity index (χ3v) is 5.43. The highest BCUT2D eigenvalue weighted by Crippen LogP contribution is 2.36. The zero-order valence-corrected chi connectivity index (χ0v) is 14.7. The number of anilines is 1. The number of hydrogen-bond acceptors (Lipinski definition) is 5. The molecule has 0 bridgehead atoms. The Morgan fingerprint density at radius 2 is 1.92 bits per heavy atom. The monoisotopic (exact) mass is 339 g/mol. The summed E-state index contributed by atoms with van der Waals surface area (Å²) in [4.78, 5) is 11.7. The second-order valence-electron chi connectivity index (χ2n) is 7.12. The van der Waals surface area contributed by atoms with E-state index in [1.165, 1.54) is 0 Å². The molecule has 2 fully saturated rings. The van der Waals surface area contributed by atoms with Gasteiger partial charge in [-0.15, -0.1) is 0 Å². The molecule has 3 heterocycles. The number of aliphatic hydroxyl groups is 1. The molecule has 2 aliphatic heterocycles. The molecule has 0 saturated carbocycles. The normalized spacial score (nSPS) is 23.0. The molecule has 0 amide bonds. The third kappa shape index (κ3) is 3.26. The van der Waals surface area contributed by atoms with Crippen LogP contribution in [0.2, 0.25) is 0 Å². The van der Waals surface area contributed by atoms with E-state index in [0.29, 0.717) is 0 Å². The van der Waals surface area contributed by atoms with Gasteiger partial charge in [0.1, 0.15) is 5.82 Å². The van der Waals surface area contributed by atoms with Crippen LogP contribution in [0.4, 0.5) is 5.82 Å². The maximum absolute atomic E-state index is 10.4. The number of aliphatic hydroxyl groups excluding tert-OH is 1. The van der Waals surface area contributed by atoms with Crippen molar-refractivity contribution in [3.8, 4) is 11.4 Å². The van der Waals surface area contributed by atoms with E-state index < -0.39 is 0 Å². The van der Waals surface area contributed by atoms with E-state index in [1.54, 1.807) is 0 Å². The summed E-state index contributed by atoms with van der Waals surface area (Å²) in [6.07, 6.45) is 3.16. The average Bonchev–Trinajstić information content (AvgIpc) is 2.65. The van der Waals surface area contributed by atoms with E-state index in [0.717, 1.165) is 68.3 Å². The van der Waals surface area contributed by atoms with Crippen molar-refractivity contribution >= 4 is 5.82 Å². The van der Waals surface area contributed by atoms with E-state index in [9.17, 15) is 5.11 Å². The van der Waals surface area contributed by atoms with Crippen LogP contribution in [0.25, 0.3) is 11.4 Å². The van der Waals surface area contributed by atoms with Crippen molar-refractivity contribution in [2.24, 2.45) is 0 Å². The quantitative estimate of drug-likeness (QED) is 0.911. The number of hydrogen-bond donors (Lipinski definition) is 1. The van der Waals surface area contributed by atoms with Gasteiger partial charge in [-0.1, -0.05) is 30.3 Å². The summed E-state index contributed by atoms with van der Waals surface area (Å²) in [7, 11) is 0. The van der Waals surface area contributed by atoms with Crippen molar-refractivity contribution in [3.05, 3.63) is 42.1 Å². The topological polar surface area (TPSA) is 58.5 Å². The Bertz CT molecular complexity index is 727. The van der Waals surface area contributed by atoms with E-state index in [1.807, 2.05) is 43.3 Å². The highest BCUT2D eigenvalue weighted by Gasteiger charge is 2.43. The molecule has 1 aromatic carbocycles. The second kappa shape index (κ2) is 6.73. The minimum atomic E-state index is -0.348. The maximum Gasteiger partial charge on any atom is 0.161 e. The number of aryl methyl sites for hydroxylation is 1. The van der Waals surface area contributed by atoms with Crippen LogP contribution in [0.5, 0.6) is 0 Å². The van der Waals surface area contributed by atoms with Crippen molar-refractivity contribution in [1.82, 2.24) is 9.97 Å². The lowest BCUT2D eigenvalue weighted by Crippen LogP contribution is -2.55. The van der Waals surface area contributed by atoms with Gasteiger partial charge in [-0.25, -0.2) is 9.97 Å². The van der Waals surface area contributed by atoms with Crippen LogP contribution in [-0.4, -0.2) is 46.5 Å². The minimum absolute atomic E-state index is 0.338. The number of ether oxygens (including phenoxy) is 1. The Morgan fingerprint density at radius 3 is 2.64 bits per heavy atom. The number of rotatable bonds is 2. The molecule has 4 rings (SSSR count). The van der Waals surface area contributed by atoms with Crippen LogP contribution in [0.15, 0.2) is 36.4 Å². The van der Waals surface area contributed by atoms with E-state index in [4.69, 9.17) is 9.72 Å². The lowest BCUT2D eigenvalue weighted by atomic mass is 9.82. The zero-order valence-electron chi connectivity index (χ0n) is 14.7. The molecule has 1 atom stereocenters. The molecule has 0 unspecified atom stereocenters. The van der Waals surface area contributed by atoms with Crippen molar-refractivity contribution < 1.29 is 9.84 Å². The molecule has 2 aliphatic rings. The van der Waals surface area contributed by atoms with Crippen molar-refractivity contribution in [1.29, 1.82) is 0 Å². The summed E-state index contributed by atoms with van der Waals surface area (Å²) in [5.41, 5.74) is 1.66. The molecule has 0 aliphatic carbocycles. The van der Waals surface area contributed by atoms with Crippen molar-refractivity contribution in [2.75, 3.05) is 24.6 Å². The van der Waals surface area contributed by atoms with E-state index >= 15 is 0 Å². The first kappa shape index (κ1) is 16.5. The number of benzene rings is 1. The van der Waals surface area contributed by atoms with E-state index in [2.05, 4.69) is 9.88 Å². The van der Waals surface area contributed by atoms with Crippen LogP contribution < -0.4 is 4.90 Å². The third-order valence-electron chi connectivity index (χ3n) is 5.43. The van der Waals surface area contributed by atoms with Gasteiger partial charge in [0, 0.05) is 37.0 Å². The molecule has 0 radical (unpaired) electrons.